The predicted octanol–water partition coefficient (Wildman–Crippen LogP) is 2.65. The third-order valence-corrected chi connectivity index (χ3v) is 10.1. The number of nitrogens with zero attached hydrogens (tertiary/aromatic N) is 4. The maximum atomic E-state index is 11.6. The molecule has 0 aliphatic carbocycles. The van der Waals surface area contributed by atoms with Crippen molar-refractivity contribution in [3.63, 3.8) is 0 Å². The first-order valence-corrected chi connectivity index (χ1v) is 12.3. The molecule has 0 amide bonds. The maximum absolute atomic E-state index is 11.6. The minimum atomic E-state index is -1.91. The third-order valence-electron chi connectivity index (χ3n) is 5.56. The Balaban J connectivity index is 1.81. The van der Waals surface area contributed by atoms with Gasteiger partial charge in [0.15, 0.2) is 26.0 Å². The molecule has 1 saturated heterocycles. The lowest BCUT2D eigenvalue weighted by molar-refractivity contribution is -0.152. The molecule has 10 heteroatoms. The van der Waals surface area contributed by atoms with Crippen molar-refractivity contribution in [2.45, 2.75) is 70.7 Å². The molecule has 1 fully saturated rings. The molecule has 3 atom stereocenters. The lowest BCUT2D eigenvalue weighted by Gasteiger charge is -2.36. The van der Waals surface area contributed by atoms with Gasteiger partial charge in [-0.25, -0.2) is 15.0 Å². The predicted molar refractivity (Wildman–Crippen MR) is 107 cm³/mol. The van der Waals surface area contributed by atoms with Crippen molar-refractivity contribution in [3.8, 4) is 0 Å². The summed E-state index contributed by atoms with van der Waals surface area (Å²) in [5.41, 5.74) is 6.92. The van der Waals surface area contributed by atoms with Gasteiger partial charge in [0.2, 0.25) is 0 Å². The molecule has 2 aromatic heterocycles. The smallest absolute Gasteiger partial charge is 0.303 e. The third kappa shape index (κ3) is 4.03. The van der Waals surface area contributed by atoms with Gasteiger partial charge in [0.1, 0.15) is 17.9 Å². The normalized spacial score (nSPS) is 23.3. The molecule has 1 aliphatic heterocycles. The molecule has 0 spiro atoms. The minimum Gasteiger partial charge on any atom is -0.458 e. The molecule has 9 nitrogen and oxygen atoms in total. The van der Waals surface area contributed by atoms with Gasteiger partial charge in [-0.15, -0.1) is 0 Å². The van der Waals surface area contributed by atoms with Crippen molar-refractivity contribution in [2.24, 2.45) is 0 Å². The molecule has 0 saturated carbocycles. The highest BCUT2D eigenvalue weighted by atomic mass is 28.4. The fraction of sp³-hybridized carbons (Fsp3) is 0.667. The summed E-state index contributed by atoms with van der Waals surface area (Å²) in [5.74, 6) is -0.0632. The van der Waals surface area contributed by atoms with E-state index in [2.05, 4.69) is 48.8 Å². The highest BCUT2D eigenvalue weighted by molar-refractivity contribution is 6.74. The van der Waals surface area contributed by atoms with Crippen LogP contribution in [0.5, 0.6) is 0 Å². The van der Waals surface area contributed by atoms with Gasteiger partial charge in [0.05, 0.1) is 19.0 Å². The number of hydrogen-bond donors (Lipinski definition) is 1. The quantitative estimate of drug-likeness (QED) is 0.594. The van der Waals surface area contributed by atoms with Crippen molar-refractivity contribution in [3.05, 3.63) is 12.7 Å². The Labute approximate surface area is 165 Å². The number of rotatable bonds is 5. The molecule has 2 aromatic rings. The number of carbonyl (C=O) groups excluding carboxylic acids is 1. The zero-order chi connectivity index (χ0) is 20.7. The lowest BCUT2D eigenvalue weighted by atomic mass is 10.2. The van der Waals surface area contributed by atoms with Crippen LogP contribution in [0.15, 0.2) is 12.7 Å². The average molecular weight is 408 g/mol. The highest BCUT2D eigenvalue weighted by Crippen LogP contribution is 2.38. The molecular weight excluding hydrogens is 378 g/mol. The van der Waals surface area contributed by atoms with Crippen LogP contribution in [0, 0.1) is 0 Å². The van der Waals surface area contributed by atoms with E-state index in [0.29, 0.717) is 30.0 Å². The Bertz CT molecular complexity index is 863. The molecule has 154 valence electrons. The largest absolute Gasteiger partial charge is 0.458 e. The number of nitrogens with two attached hydrogens (primary N) is 1. The van der Waals surface area contributed by atoms with Crippen LogP contribution >= 0.6 is 0 Å². The van der Waals surface area contributed by atoms with Gasteiger partial charge in [-0.1, -0.05) is 20.8 Å². The zero-order valence-electron chi connectivity index (χ0n) is 17.3. The minimum absolute atomic E-state index is 0.106. The molecule has 28 heavy (non-hydrogen) atoms. The first-order valence-electron chi connectivity index (χ1n) is 9.39. The summed E-state index contributed by atoms with van der Waals surface area (Å²) >= 11 is 0. The molecular formula is C18H29N5O4Si. The summed E-state index contributed by atoms with van der Waals surface area (Å²) in [6.45, 7) is 12.8. The van der Waals surface area contributed by atoms with Crippen molar-refractivity contribution in [2.75, 3.05) is 12.3 Å². The molecule has 0 radical (unpaired) electrons. The number of esters is 1. The first kappa shape index (κ1) is 20.7. The van der Waals surface area contributed by atoms with E-state index in [9.17, 15) is 4.79 Å². The van der Waals surface area contributed by atoms with Crippen molar-refractivity contribution >= 4 is 31.3 Å². The van der Waals surface area contributed by atoms with E-state index in [-0.39, 0.29) is 17.1 Å². The van der Waals surface area contributed by atoms with Gasteiger partial charge in [-0.05, 0) is 18.1 Å². The number of imidazole rings is 1. The maximum Gasteiger partial charge on any atom is 0.303 e. The summed E-state index contributed by atoms with van der Waals surface area (Å²) in [7, 11) is -1.91. The molecule has 3 unspecified atom stereocenters. The fourth-order valence-electron chi connectivity index (χ4n) is 2.96. The molecule has 0 aromatic carbocycles. The lowest BCUT2D eigenvalue weighted by Crippen LogP contribution is -2.42. The number of aromatic nitrogens is 4. The van der Waals surface area contributed by atoms with Gasteiger partial charge in [-0.2, -0.15) is 0 Å². The summed E-state index contributed by atoms with van der Waals surface area (Å²) < 4.78 is 19.8. The Morgan fingerprint density at radius 1 is 1.36 bits per heavy atom. The Morgan fingerprint density at radius 2 is 2.07 bits per heavy atom. The summed E-state index contributed by atoms with van der Waals surface area (Å²) in [6, 6.07) is 0. The number of ether oxygens (including phenoxy) is 2. The van der Waals surface area contributed by atoms with Gasteiger partial charge >= 0.3 is 5.97 Å². The summed E-state index contributed by atoms with van der Waals surface area (Å²) in [4.78, 5) is 24.1. The van der Waals surface area contributed by atoms with Gasteiger partial charge in [0.25, 0.3) is 0 Å². The Kier molecular flexibility index (Phi) is 5.48. The Morgan fingerprint density at radius 3 is 2.71 bits per heavy atom. The second-order valence-electron chi connectivity index (χ2n) is 8.69. The van der Waals surface area contributed by atoms with Crippen molar-refractivity contribution in [1.29, 1.82) is 0 Å². The van der Waals surface area contributed by atoms with E-state index in [1.807, 2.05) is 0 Å². The molecule has 2 N–H and O–H groups in total. The molecule has 3 heterocycles. The van der Waals surface area contributed by atoms with Crippen LogP contribution in [-0.2, 0) is 18.7 Å². The summed E-state index contributed by atoms with van der Waals surface area (Å²) in [6.07, 6.45) is 2.31. The van der Waals surface area contributed by atoms with Crippen LogP contribution < -0.4 is 5.73 Å². The molecule has 3 rings (SSSR count). The van der Waals surface area contributed by atoms with Crippen molar-refractivity contribution < 1.29 is 18.7 Å². The molecule has 1 aliphatic rings. The van der Waals surface area contributed by atoms with E-state index in [1.165, 1.54) is 13.3 Å². The van der Waals surface area contributed by atoms with Crippen LogP contribution in [0.1, 0.15) is 40.3 Å². The van der Waals surface area contributed by atoms with E-state index in [0.717, 1.165) is 0 Å². The van der Waals surface area contributed by atoms with E-state index < -0.39 is 20.6 Å². The van der Waals surface area contributed by atoms with E-state index in [1.54, 1.807) is 10.9 Å². The van der Waals surface area contributed by atoms with E-state index in [4.69, 9.17) is 19.6 Å². The van der Waals surface area contributed by atoms with Crippen molar-refractivity contribution in [1.82, 2.24) is 19.5 Å². The van der Waals surface area contributed by atoms with Gasteiger partial charge in [0, 0.05) is 13.3 Å². The number of anilines is 1. The second kappa shape index (κ2) is 7.41. The van der Waals surface area contributed by atoms with E-state index >= 15 is 0 Å². The Hall–Kier alpha value is -2.04. The van der Waals surface area contributed by atoms with Gasteiger partial charge < -0.3 is 19.6 Å². The first-order chi connectivity index (χ1) is 13.0. The number of fused-ring (bicyclic) bond motifs is 1. The van der Waals surface area contributed by atoms with Crippen LogP contribution in [0.25, 0.3) is 11.2 Å². The second-order valence-corrected chi connectivity index (χ2v) is 13.5. The topological polar surface area (TPSA) is 114 Å². The van der Waals surface area contributed by atoms with Crippen LogP contribution in [0.4, 0.5) is 5.82 Å². The SMILES string of the molecule is CC(=O)OC1CC(CO[Si](C)(C)C(C)(C)C)OC1n1cnc2c(N)ncnc21. The average Bonchev–Trinajstić information content (AvgIpc) is 3.16. The monoisotopic (exact) mass is 407 g/mol. The standard InChI is InChI=1S/C18H29N5O4Si/c1-11(24)26-13-7-12(8-25-28(5,6)18(2,3)4)27-17(13)23-10-22-14-15(19)20-9-21-16(14)23/h9-10,12-13,17H,7-8H2,1-6H3,(H2,19,20,21). The number of hydrogen-bond acceptors (Lipinski definition) is 8. The number of carbonyl (C=O) groups is 1. The van der Waals surface area contributed by atoms with Crippen LogP contribution in [-0.4, -0.2) is 52.6 Å². The summed E-state index contributed by atoms with van der Waals surface area (Å²) in [5, 5.41) is 0.106. The van der Waals surface area contributed by atoms with Gasteiger partial charge in [-0.3, -0.25) is 9.36 Å². The van der Waals surface area contributed by atoms with Crippen LogP contribution in [0.2, 0.25) is 18.1 Å². The fourth-order valence-corrected chi connectivity index (χ4v) is 4.00. The molecule has 0 bridgehead atoms. The highest BCUT2D eigenvalue weighted by Gasteiger charge is 2.42. The number of nitrogen functional groups attached to an aromatic ring is 1. The zero-order valence-corrected chi connectivity index (χ0v) is 18.3. The van der Waals surface area contributed by atoms with Crippen LogP contribution in [0.3, 0.4) is 0 Å².